The van der Waals surface area contributed by atoms with Gasteiger partial charge < -0.3 is 14.7 Å². The molecule has 0 spiro atoms. The highest BCUT2D eigenvalue weighted by atomic mass is 16.5. The Kier molecular flexibility index (Phi) is 4.06. The van der Waals surface area contributed by atoms with Gasteiger partial charge in [-0.25, -0.2) is 0 Å². The van der Waals surface area contributed by atoms with Crippen molar-refractivity contribution in [3.05, 3.63) is 30.1 Å². The van der Waals surface area contributed by atoms with Crippen molar-refractivity contribution in [2.24, 2.45) is 0 Å². The zero-order valence-corrected chi connectivity index (χ0v) is 9.58. The zero-order valence-electron chi connectivity index (χ0n) is 9.58. The van der Waals surface area contributed by atoms with Crippen LogP contribution in [0.15, 0.2) is 24.5 Å². The summed E-state index contributed by atoms with van der Waals surface area (Å²) in [6.07, 6.45) is 4.00. The molecule has 5 heteroatoms. The second-order valence-electron chi connectivity index (χ2n) is 4.06. The number of rotatable bonds is 4. The Balaban J connectivity index is 2.07. The van der Waals surface area contributed by atoms with Gasteiger partial charge in [0.05, 0.1) is 12.6 Å². The number of carbonyl (C=O) groups excluding carboxylic acids is 1. The van der Waals surface area contributed by atoms with Gasteiger partial charge in [-0.3, -0.25) is 9.78 Å². The Morgan fingerprint density at radius 2 is 2.47 bits per heavy atom. The van der Waals surface area contributed by atoms with Gasteiger partial charge in [0.15, 0.2) is 0 Å². The molecule has 1 amide bonds. The molecule has 5 nitrogen and oxygen atoms in total. The molecule has 0 aromatic carbocycles. The van der Waals surface area contributed by atoms with E-state index in [1.807, 2.05) is 12.1 Å². The molecule has 0 aliphatic carbocycles. The summed E-state index contributed by atoms with van der Waals surface area (Å²) in [4.78, 5) is 17.6. The number of nitrogens with zero attached hydrogens (tertiary/aromatic N) is 2. The average Bonchev–Trinajstić information content (AvgIpc) is 2.35. The summed E-state index contributed by atoms with van der Waals surface area (Å²) in [5.74, 6) is -0.0291. The molecule has 0 bridgehead atoms. The smallest absolute Gasteiger partial charge is 0.249 e. The molecular formula is C12H16N2O3. The van der Waals surface area contributed by atoms with Gasteiger partial charge in [-0.15, -0.1) is 0 Å². The molecular weight excluding hydrogens is 220 g/mol. The van der Waals surface area contributed by atoms with Crippen LogP contribution >= 0.6 is 0 Å². The van der Waals surface area contributed by atoms with Crippen molar-refractivity contribution in [1.29, 1.82) is 0 Å². The number of carbonyl (C=O) groups is 1. The van der Waals surface area contributed by atoms with E-state index in [4.69, 9.17) is 9.84 Å². The Hall–Kier alpha value is -1.46. The fourth-order valence-electron chi connectivity index (χ4n) is 1.95. The van der Waals surface area contributed by atoms with Crippen LogP contribution in [0.5, 0.6) is 0 Å². The van der Waals surface area contributed by atoms with Gasteiger partial charge >= 0.3 is 0 Å². The van der Waals surface area contributed by atoms with Crippen LogP contribution < -0.4 is 0 Å². The number of hydrogen-bond donors (Lipinski definition) is 1. The summed E-state index contributed by atoms with van der Waals surface area (Å²) in [5.41, 5.74) is 0.991. The van der Waals surface area contributed by atoms with Crippen molar-refractivity contribution in [2.45, 2.75) is 19.0 Å². The van der Waals surface area contributed by atoms with E-state index in [0.717, 1.165) is 5.56 Å². The van der Waals surface area contributed by atoms with Crippen molar-refractivity contribution < 1.29 is 14.6 Å². The topological polar surface area (TPSA) is 62.7 Å². The number of amides is 1. The third kappa shape index (κ3) is 3.01. The highest BCUT2D eigenvalue weighted by Crippen LogP contribution is 2.15. The Morgan fingerprint density at radius 1 is 1.59 bits per heavy atom. The van der Waals surface area contributed by atoms with Gasteiger partial charge in [0, 0.05) is 25.5 Å². The van der Waals surface area contributed by atoms with Gasteiger partial charge in [0.2, 0.25) is 5.91 Å². The van der Waals surface area contributed by atoms with Crippen LogP contribution in [0, 0.1) is 0 Å². The summed E-state index contributed by atoms with van der Waals surface area (Å²) in [6, 6.07) is 3.74. The molecule has 1 saturated heterocycles. The molecule has 1 aromatic heterocycles. The molecule has 1 atom stereocenters. The summed E-state index contributed by atoms with van der Waals surface area (Å²) < 4.78 is 5.20. The van der Waals surface area contributed by atoms with E-state index in [9.17, 15) is 4.79 Å². The number of aliphatic hydroxyl groups is 1. The van der Waals surface area contributed by atoms with Gasteiger partial charge in [-0.2, -0.15) is 0 Å². The number of pyridine rings is 1. The fourth-order valence-corrected chi connectivity index (χ4v) is 1.95. The fraction of sp³-hybridized carbons (Fsp3) is 0.500. The second-order valence-corrected chi connectivity index (χ2v) is 4.06. The summed E-state index contributed by atoms with van der Waals surface area (Å²) in [6.45, 7) is 1.21. The van der Waals surface area contributed by atoms with Crippen LogP contribution in [0.25, 0.3) is 0 Å². The number of ether oxygens (including phenoxy) is 1. The van der Waals surface area contributed by atoms with Crippen molar-refractivity contribution in [3.63, 3.8) is 0 Å². The molecule has 92 valence electrons. The zero-order chi connectivity index (χ0) is 12.1. The largest absolute Gasteiger partial charge is 0.396 e. The average molecular weight is 236 g/mol. The van der Waals surface area contributed by atoms with Crippen molar-refractivity contribution in [3.8, 4) is 0 Å². The van der Waals surface area contributed by atoms with E-state index in [0.29, 0.717) is 19.6 Å². The number of morpholine rings is 1. The van der Waals surface area contributed by atoms with Crippen LogP contribution in [0.1, 0.15) is 12.0 Å². The third-order valence-electron chi connectivity index (χ3n) is 2.83. The van der Waals surface area contributed by atoms with Crippen LogP contribution in [-0.2, 0) is 16.1 Å². The number of aromatic nitrogens is 1. The lowest BCUT2D eigenvalue weighted by Gasteiger charge is -2.35. The highest BCUT2D eigenvalue weighted by Gasteiger charge is 2.28. The molecule has 1 N–H and O–H groups in total. The lowest BCUT2D eigenvalue weighted by Crippen LogP contribution is -2.49. The molecule has 1 aromatic rings. The Bertz CT molecular complexity index is 367. The van der Waals surface area contributed by atoms with Gasteiger partial charge in [0.1, 0.15) is 6.61 Å². The molecule has 1 unspecified atom stereocenters. The van der Waals surface area contributed by atoms with E-state index in [1.54, 1.807) is 17.3 Å². The number of aliphatic hydroxyl groups excluding tert-OH is 1. The van der Waals surface area contributed by atoms with Crippen LogP contribution in [0.2, 0.25) is 0 Å². The van der Waals surface area contributed by atoms with E-state index < -0.39 is 0 Å². The molecule has 17 heavy (non-hydrogen) atoms. The molecule has 1 aliphatic rings. The molecule has 1 fully saturated rings. The standard InChI is InChI=1S/C12H16N2O3/c15-5-3-11-8-17-9-12(16)14(11)7-10-2-1-4-13-6-10/h1-2,4,6,11,15H,3,5,7-9H2. The summed E-state index contributed by atoms with van der Waals surface area (Å²) in [7, 11) is 0. The predicted molar refractivity (Wildman–Crippen MR) is 61.1 cm³/mol. The maximum Gasteiger partial charge on any atom is 0.249 e. The Morgan fingerprint density at radius 3 is 3.18 bits per heavy atom. The van der Waals surface area contributed by atoms with E-state index in [-0.39, 0.29) is 25.2 Å². The predicted octanol–water partition coefficient (Wildman–Crippen LogP) is 0.191. The summed E-state index contributed by atoms with van der Waals surface area (Å²) >= 11 is 0. The SMILES string of the molecule is O=C1COCC(CCO)N1Cc1cccnc1. The van der Waals surface area contributed by atoms with Crippen LogP contribution in [-0.4, -0.2) is 46.8 Å². The van der Waals surface area contributed by atoms with Gasteiger partial charge in [-0.05, 0) is 18.1 Å². The molecule has 2 rings (SSSR count). The van der Waals surface area contributed by atoms with Crippen LogP contribution in [0.4, 0.5) is 0 Å². The Labute approximate surface area is 100 Å². The minimum atomic E-state index is -0.0403. The van der Waals surface area contributed by atoms with E-state index >= 15 is 0 Å². The first-order valence-corrected chi connectivity index (χ1v) is 5.68. The quantitative estimate of drug-likeness (QED) is 0.810. The van der Waals surface area contributed by atoms with E-state index in [2.05, 4.69) is 4.98 Å². The first-order chi connectivity index (χ1) is 8.31. The summed E-state index contributed by atoms with van der Waals surface area (Å²) in [5, 5.41) is 8.98. The highest BCUT2D eigenvalue weighted by molar-refractivity contribution is 5.78. The first kappa shape index (κ1) is 12.0. The van der Waals surface area contributed by atoms with Crippen molar-refractivity contribution >= 4 is 5.91 Å². The lowest BCUT2D eigenvalue weighted by molar-refractivity contribution is -0.149. The van der Waals surface area contributed by atoms with Gasteiger partial charge in [0.25, 0.3) is 0 Å². The second kappa shape index (κ2) is 5.75. The van der Waals surface area contributed by atoms with Crippen molar-refractivity contribution in [2.75, 3.05) is 19.8 Å². The normalized spacial score (nSPS) is 20.6. The van der Waals surface area contributed by atoms with Crippen LogP contribution in [0.3, 0.4) is 0 Å². The third-order valence-corrected chi connectivity index (χ3v) is 2.83. The van der Waals surface area contributed by atoms with Crippen molar-refractivity contribution in [1.82, 2.24) is 9.88 Å². The van der Waals surface area contributed by atoms with E-state index in [1.165, 1.54) is 0 Å². The lowest BCUT2D eigenvalue weighted by atomic mass is 10.1. The molecule has 0 saturated carbocycles. The number of hydrogen-bond acceptors (Lipinski definition) is 4. The maximum atomic E-state index is 11.8. The monoisotopic (exact) mass is 236 g/mol. The maximum absolute atomic E-state index is 11.8. The molecule has 1 aliphatic heterocycles. The minimum absolute atomic E-state index is 0.0291. The first-order valence-electron chi connectivity index (χ1n) is 5.68. The van der Waals surface area contributed by atoms with Gasteiger partial charge in [-0.1, -0.05) is 6.07 Å². The molecule has 2 heterocycles. The minimum Gasteiger partial charge on any atom is -0.396 e. The molecule has 0 radical (unpaired) electrons.